The Kier molecular flexibility index (Phi) is 6.78. The highest BCUT2D eigenvalue weighted by Gasteiger charge is 2.18. The van der Waals surface area contributed by atoms with Crippen LogP contribution >= 0.6 is 12.4 Å². The maximum atomic E-state index is 11.9. The lowest BCUT2D eigenvalue weighted by Crippen LogP contribution is -2.41. The van der Waals surface area contributed by atoms with Crippen molar-refractivity contribution in [2.24, 2.45) is 5.73 Å². The summed E-state index contributed by atoms with van der Waals surface area (Å²) in [5.41, 5.74) is 6.79. The Hall–Kier alpha value is -1.46. The Morgan fingerprint density at radius 1 is 1.33 bits per heavy atom. The molecule has 0 spiro atoms. The second-order valence-corrected chi connectivity index (χ2v) is 5.03. The lowest BCUT2D eigenvalue weighted by atomic mass is 10.1. The molecule has 0 fully saturated rings. The third-order valence-corrected chi connectivity index (χ3v) is 3.36. The van der Waals surface area contributed by atoms with E-state index in [0.717, 1.165) is 23.5 Å². The van der Waals surface area contributed by atoms with E-state index in [4.69, 9.17) is 15.2 Å². The Morgan fingerprint density at radius 2 is 2.00 bits per heavy atom. The Balaban J connectivity index is 0.00000220. The third kappa shape index (κ3) is 4.51. The number of carbonyl (C=O) groups is 1. The van der Waals surface area contributed by atoms with E-state index in [1.807, 2.05) is 32.0 Å². The van der Waals surface area contributed by atoms with Gasteiger partial charge in [0.25, 0.3) is 0 Å². The van der Waals surface area contributed by atoms with Crippen molar-refractivity contribution in [1.29, 1.82) is 0 Å². The summed E-state index contributed by atoms with van der Waals surface area (Å²) in [7, 11) is 0. The molecule has 1 amide bonds. The Bertz CT molecular complexity index is 482. The van der Waals surface area contributed by atoms with Gasteiger partial charge in [-0.2, -0.15) is 0 Å². The van der Waals surface area contributed by atoms with Crippen LogP contribution in [0, 0.1) is 0 Å². The molecule has 3 N–H and O–H groups in total. The molecule has 6 heteroatoms. The van der Waals surface area contributed by atoms with Gasteiger partial charge in [0.15, 0.2) is 11.5 Å². The average molecular weight is 315 g/mol. The van der Waals surface area contributed by atoms with Gasteiger partial charge in [-0.15, -0.1) is 12.4 Å². The first-order valence-corrected chi connectivity index (χ1v) is 7.07. The van der Waals surface area contributed by atoms with Crippen LogP contribution in [0.15, 0.2) is 18.2 Å². The minimum atomic E-state index is -0.445. The molecule has 0 aliphatic carbocycles. The summed E-state index contributed by atoms with van der Waals surface area (Å²) in [5.74, 6) is 1.36. The normalized spacial score (nSPS) is 15.6. The number of nitrogens with two attached hydrogens (primary N) is 1. The van der Waals surface area contributed by atoms with Crippen LogP contribution < -0.4 is 20.5 Å². The predicted octanol–water partition coefficient (Wildman–Crippen LogP) is 2.18. The van der Waals surface area contributed by atoms with Crippen LogP contribution in [0.2, 0.25) is 0 Å². The third-order valence-electron chi connectivity index (χ3n) is 3.36. The average Bonchev–Trinajstić information content (AvgIpc) is 2.46. The molecule has 1 aromatic carbocycles. The van der Waals surface area contributed by atoms with Gasteiger partial charge < -0.3 is 20.5 Å². The first-order valence-electron chi connectivity index (χ1n) is 7.07. The number of carbonyl (C=O) groups excluding carboxylic acids is 1. The zero-order valence-electron chi connectivity index (χ0n) is 12.4. The quantitative estimate of drug-likeness (QED) is 0.873. The van der Waals surface area contributed by atoms with Crippen LogP contribution in [0.4, 0.5) is 0 Å². The van der Waals surface area contributed by atoms with Gasteiger partial charge in [0.2, 0.25) is 5.91 Å². The summed E-state index contributed by atoms with van der Waals surface area (Å²) >= 11 is 0. The highest BCUT2D eigenvalue weighted by atomic mass is 35.5. The van der Waals surface area contributed by atoms with E-state index in [-0.39, 0.29) is 24.4 Å². The number of halogens is 1. The second kappa shape index (κ2) is 8.10. The lowest BCUT2D eigenvalue weighted by Gasteiger charge is -2.22. The molecule has 0 bridgehead atoms. The van der Waals surface area contributed by atoms with E-state index in [1.165, 1.54) is 0 Å². The van der Waals surface area contributed by atoms with Gasteiger partial charge in [0, 0.05) is 0 Å². The summed E-state index contributed by atoms with van der Waals surface area (Å²) in [4.78, 5) is 11.9. The van der Waals surface area contributed by atoms with E-state index in [0.29, 0.717) is 19.6 Å². The molecule has 2 rings (SSSR count). The number of hydrogen-bond acceptors (Lipinski definition) is 4. The zero-order chi connectivity index (χ0) is 14.5. The van der Waals surface area contributed by atoms with Crippen molar-refractivity contribution in [2.45, 2.75) is 38.8 Å². The standard InChI is InChI=1S/C15H22N2O3.ClH/c1-3-4-12(16)15(18)17-10(2)11-5-6-13-14(9-11)20-8-7-19-13;/h5-6,9-10,12H,3-4,7-8,16H2,1-2H3,(H,17,18);1H. The van der Waals surface area contributed by atoms with Crippen LogP contribution in [0.5, 0.6) is 11.5 Å². The van der Waals surface area contributed by atoms with Crippen molar-refractivity contribution in [3.05, 3.63) is 23.8 Å². The molecule has 1 aliphatic heterocycles. The number of hydrogen-bond donors (Lipinski definition) is 2. The largest absolute Gasteiger partial charge is 0.486 e. The lowest BCUT2D eigenvalue weighted by molar-refractivity contribution is -0.123. The topological polar surface area (TPSA) is 73.6 Å². The van der Waals surface area contributed by atoms with Crippen molar-refractivity contribution in [3.63, 3.8) is 0 Å². The molecule has 1 heterocycles. The molecule has 0 radical (unpaired) electrons. The SMILES string of the molecule is CCCC(N)C(=O)NC(C)c1ccc2c(c1)OCCO2.Cl. The molecule has 0 aromatic heterocycles. The molecule has 1 aromatic rings. The van der Waals surface area contributed by atoms with Crippen molar-refractivity contribution < 1.29 is 14.3 Å². The van der Waals surface area contributed by atoms with Gasteiger partial charge in [0.05, 0.1) is 12.1 Å². The van der Waals surface area contributed by atoms with Crippen LogP contribution in [-0.2, 0) is 4.79 Å². The number of nitrogens with one attached hydrogen (secondary N) is 1. The maximum absolute atomic E-state index is 11.9. The highest BCUT2D eigenvalue weighted by molar-refractivity contribution is 5.85. The molecule has 21 heavy (non-hydrogen) atoms. The van der Waals surface area contributed by atoms with Crippen molar-refractivity contribution in [3.8, 4) is 11.5 Å². The predicted molar refractivity (Wildman–Crippen MR) is 84.1 cm³/mol. The molecular formula is C15H23ClN2O3. The fraction of sp³-hybridized carbons (Fsp3) is 0.533. The molecule has 0 saturated carbocycles. The first kappa shape index (κ1) is 17.6. The van der Waals surface area contributed by atoms with E-state index in [2.05, 4.69) is 5.32 Å². The van der Waals surface area contributed by atoms with Gasteiger partial charge in [0.1, 0.15) is 13.2 Å². The van der Waals surface area contributed by atoms with Crippen molar-refractivity contribution in [2.75, 3.05) is 13.2 Å². The Labute approximate surface area is 131 Å². The van der Waals surface area contributed by atoms with Crippen LogP contribution in [0.1, 0.15) is 38.3 Å². The summed E-state index contributed by atoms with van der Waals surface area (Å²) in [6.45, 7) is 5.07. The second-order valence-electron chi connectivity index (χ2n) is 5.03. The van der Waals surface area contributed by atoms with E-state index < -0.39 is 6.04 Å². The van der Waals surface area contributed by atoms with Gasteiger partial charge >= 0.3 is 0 Å². The van der Waals surface area contributed by atoms with Crippen molar-refractivity contribution >= 4 is 18.3 Å². The summed E-state index contributed by atoms with van der Waals surface area (Å²) in [6, 6.07) is 5.16. The minimum Gasteiger partial charge on any atom is -0.486 e. The van der Waals surface area contributed by atoms with Crippen LogP contribution in [0.3, 0.4) is 0 Å². The molecule has 118 valence electrons. The van der Waals surface area contributed by atoms with E-state index >= 15 is 0 Å². The van der Waals surface area contributed by atoms with Gasteiger partial charge in [-0.3, -0.25) is 4.79 Å². The number of benzene rings is 1. The molecule has 0 saturated heterocycles. The fourth-order valence-electron chi connectivity index (χ4n) is 2.18. The number of amides is 1. The van der Waals surface area contributed by atoms with Gasteiger partial charge in [-0.1, -0.05) is 19.4 Å². The van der Waals surface area contributed by atoms with Crippen molar-refractivity contribution in [1.82, 2.24) is 5.32 Å². The molecule has 1 aliphatic rings. The van der Waals surface area contributed by atoms with E-state index in [9.17, 15) is 4.79 Å². The molecule has 2 unspecified atom stereocenters. The zero-order valence-corrected chi connectivity index (χ0v) is 13.2. The maximum Gasteiger partial charge on any atom is 0.237 e. The summed E-state index contributed by atoms with van der Waals surface area (Å²) in [5, 5.41) is 2.93. The van der Waals surface area contributed by atoms with E-state index in [1.54, 1.807) is 0 Å². The summed E-state index contributed by atoms with van der Waals surface area (Å²) in [6.07, 6.45) is 1.59. The minimum absolute atomic E-state index is 0. The van der Waals surface area contributed by atoms with Crippen LogP contribution in [0.25, 0.3) is 0 Å². The number of ether oxygens (including phenoxy) is 2. The highest BCUT2D eigenvalue weighted by Crippen LogP contribution is 2.32. The smallest absolute Gasteiger partial charge is 0.237 e. The summed E-state index contributed by atoms with van der Waals surface area (Å²) < 4.78 is 11.0. The number of rotatable bonds is 5. The van der Waals surface area contributed by atoms with Gasteiger partial charge in [-0.25, -0.2) is 0 Å². The van der Waals surface area contributed by atoms with Crippen LogP contribution in [-0.4, -0.2) is 25.2 Å². The molecular weight excluding hydrogens is 292 g/mol. The Morgan fingerprint density at radius 3 is 2.67 bits per heavy atom. The fourth-order valence-corrected chi connectivity index (χ4v) is 2.18. The monoisotopic (exact) mass is 314 g/mol. The van der Waals surface area contributed by atoms with Gasteiger partial charge in [-0.05, 0) is 31.0 Å². The number of fused-ring (bicyclic) bond motifs is 1. The first-order chi connectivity index (χ1) is 9.61. The molecule has 5 nitrogen and oxygen atoms in total. The molecule has 2 atom stereocenters.